The minimum atomic E-state index is -0.410. The first kappa shape index (κ1) is 12.1. The van der Waals surface area contributed by atoms with Crippen molar-refractivity contribution in [3.63, 3.8) is 0 Å². The summed E-state index contributed by atoms with van der Waals surface area (Å²) in [6, 6.07) is 4.63. The van der Waals surface area contributed by atoms with E-state index in [0.29, 0.717) is 17.3 Å². The van der Waals surface area contributed by atoms with Crippen molar-refractivity contribution in [1.82, 2.24) is 15.5 Å². The Bertz CT molecular complexity index is 579. The first-order valence-electron chi connectivity index (χ1n) is 6.19. The third kappa shape index (κ3) is 2.31. The van der Waals surface area contributed by atoms with Gasteiger partial charge in [0.1, 0.15) is 0 Å². The second-order valence-electron chi connectivity index (χ2n) is 4.45. The zero-order valence-corrected chi connectivity index (χ0v) is 10.5. The molecule has 2 aromatic rings. The Labute approximate surface area is 109 Å². The Morgan fingerprint density at radius 2 is 2.37 bits per heavy atom. The second-order valence-corrected chi connectivity index (χ2v) is 4.45. The molecule has 100 valence electrons. The van der Waals surface area contributed by atoms with Crippen molar-refractivity contribution < 1.29 is 13.7 Å². The highest BCUT2D eigenvalue weighted by Crippen LogP contribution is 2.27. The van der Waals surface area contributed by atoms with Crippen molar-refractivity contribution in [3.05, 3.63) is 29.9 Å². The van der Waals surface area contributed by atoms with Crippen molar-refractivity contribution in [3.8, 4) is 17.1 Å². The van der Waals surface area contributed by atoms with E-state index in [0.717, 1.165) is 19.4 Å². The summed E-state index contributed by atoms with van der Waals surface area (Å²) in [4.78, 5) is 4.35. The molecule has 3 rings (SSSR count). The van der Waals surface area contributed by atoms with Gasteiger partial charge in [-0.05, 0) is 37.6 Å². The average molecular weight is 263 g/mol. The minimum Gasteiger partial charge on any atom is -0.494 e. The number of methoxy groups -OCH3 is 1. The van der Waals surface area contributed by atoms with Crippen molar-refractivity contribution >= 4 is 0 Å². The van der Waals surface area contributed by atoms with Gasteiger partial charge in [0.25, 0.3) is 0 Å². The summed E-state index contributed by atoms with van der Waals surface area (Å²) in [5.41, 5.74) is 0.672. The van der Waals surface area contributed by atoms with E-state index in [1.807, 2.05) is 0 Å². The van der Waals surface area contributed by atoms with Gasteiger partial charge >= 0.3 is 0 Å². The maximum Gasteiger partial charge on any atom is 0.244 e. The molecular weight excluding hydrogens is 249 g/mol. The van der Waals surface area contributed by atoms with Crippen LogP contribution in [0.2, 0.25) is 0 Å². The molecule has 0 amide bonds. The van der Waals surface area contributed by atoms with E-state index in [1.54, 1.807) is 12.1 Å². The summed E-state index contributed by atoms with van der Waals surface area (Å²) in [7, 11) is 1.42. The molecule has 1 aliphatic heterocycles. The number of halogens is 1. The third-order valence-corrected chi connectivity index (χ3v) is 3.21. The molecule has 0 unspecified atom stereocenters. The number of rotatable bonds is 3. The highest BCUT2D eigenvalue weighted by molar-refractivity contribution is 5.57. The largest absolute Gasteiger partial charge is 0.494 e. The predicted octanol–water partition coefficient (Wildman–Crippen LogP) is 2.31. The Hall–Kier alpha value is -1.95. The van der Waals surface area contributed by atoms with E-state index in [-0.39, 0.29) is 11.8 Å². The van der Waals surface area contributed by atoms with Crippen LogP contribution in [-0.2, 0) is 0 Å². The molecule has 1 aliphatic rings. The third-order valence-electron chi connectivity index (χ3n) is 3.21. The molecule has 19 heavy (non-hydrogen) atoms. The molecule has 0 spiro atoms. The van der Waals surface area contributed by atoms with Crippen molar-refractivity contribution in [1.29, 1.82) is 0 Å². The Kier molecular flexibility index (Phi) is 3.16. The van der Waals surface area contributed by atoms with Crippen LogP contribution in [0.25, 0.3) is 11.4 Å². The zero-order valence-electron chi connectivity index (χ0n) is 10.5. The number of nitrogens with zero attached hydrogens (tertiary/aromatic N) is 2. The summed E-state index contributed by atoms with van der Waals surface area (Å²) in [6.07, 6.45) is 2.10. The molecule has 0 radical (unpaired) electrons. The first-order chi connectivity index (χ1) is 9.28. The molecule has 1 N–H and O–H groups in total. The quantitative estimate of drug-likeness (QED) is 0.920. The average Bonchev–Trinajstić information content (AvgIpc) is 3.10. The van der Waals surface area contributed by atoms with E-state index in [2.05, 4.69) is 15.5 Å². The fraction of sp³-hybridized carbons (Fsp3) is 0.385. The summed E-state index contributed by atoms with van der Waals surface area (Å²) in [6.45, 7) is 0.965. The molecule has 5 nitrogen and oxygen atoms in total. The summed E-state index contributed by atoms with van der Waals surface area (Å²) < 4.78 is 23.5. The topological polar surface area (TPSA) is 60.2 Å². The molecule has 1 fully saturated rings. The highest BCUT2D eigenvalue weighted by atomic mass is 19.1. The molecular formula is C13H14FN3O2. The minimum absolute atomic E-state index is 0.128. The Morgan fingerprint density at radius 1 is 1.47 bits per heavy atom. The van der Waals surface area contributed by atoms with Gasteiger partial charge in [0.05, 0.1) is 13.2 Å². The van der Waals surface area contributed by atoms with Crippen LogP contribution in [0.4, 0.5) is 4.39 Å². The van der Waals surface area contributed by atoms with Crippen LogP contribution in [0.5, 0.6) is 5.75 Å². The number of benzene rings is 1. The van der Waals surface area contributed by atoms with E-state index < -0.39 is 5.82 Å². The van der Waals surface area contributed by atoms with Crippen molar-refractivity contribution in [2.24, 2.45) is 0 Å². The predicted molar refractivity (Wildman–Crippen MR) is 66.2 cm³/mol. The fourth-order valence-corrected chi connectivity index (χ4v) is 2.19. The van der Waals surface area contributed by atoms with Crippen LogP contribution >= 0.6 is 0 Å². The highest BCUT2D eigenvalue weighted by Gasteiger charge is 2.22. The normalized spacial score (nSPS) is 18.7. The van der Waals surface area contributed by atoms with Crippen LogP contribution in [0.1, 0.15) is 24.8 Å². The van der Waals surface area contributed by atoms with E-state index in [1.165, 1.54) is 13.2 Å². The molecule has 6 heteroatoms. The summed E-state index contributed by atoms with van der Waals surface area (Å²) in [5.74, 6) is 0.785. The van der Waals surface area contributed by atoms with Gasteiger partial charge in [-0.1, -0.05) is 5.16 Å². The van der Waals surface area contributed by atoms with Gasteiger partial charge in [-0.3, -0.25) is 0 Å². The van der Waals surface area contributed by atoms with Gasteiger partial charge in [0, 0.05) is 5.56 Å². The number of hydrogen-bond acceptors (Lipinski definition) is 5. The van der Waals surface area contributed by atoms with Crippen molar-refractivity contribution in [2.75, 3.05) is 13.7 Å². The molecule has 1 atom stereocenters. The van der Waals surface area contributed by atoms with E-state index in [9.17, 15) is 4.39 Å². The Balaban J connectivity index is 1.89. The van der Waals surface area contributed by atoms with Crippen LogP contribution in [0.3, 0.4) is 0 Å². The monoisotopic (exact) mass is 263 g/mol. The SMILES string of the molecule is COc1cc(-c2noc([C@H]3CCCN3)n2)ccc1F. The fourth-order valence-electron chi connectivity index (χ4n) is 2.19. The lowest BCUT2D eigenvalue weighted by Crippen LogP contribution is -2.12. The summed E-state index contributed by atoms with van der Waals surface area (Å²) >= 11 is 0. The van der Waals surface area contributed by atoms with Crippen LogP contribution in [0, 0.1) is 5.82 Å². The number of ether oxygens (including phenoxy) is 1. The van der Waals surface area contributed by atoms with Gasteiger partial charge in [-0.25, -0.2) is 4.39 Å². The first-order valence-corrected chi connectivity index (χ1v) is 6.19. The molecule has 0 saturated carbocycles. The van der Waals surface area contributed by atoms with Gasteiger partial charge in [0.2, 0.25) is 11.7 Å². The van der Waals surface area contributed by atoms with Gasteiger partial charge < -0.3 is 14.6 Å². The van der Waals surface area contributed by atoms with Crippen LogP contribution in [0.15, 0.2) is 22.7 Å². The Morgan fingerprint density at radius 3 is 3.11 bits per heavy atom. The molecule has 1 saturated heterocycles. The lowest BCUT2D eigenvalue weighted by atomic mass is 10.2. The zero-order chi connectivity index (χ0) is 13.2. The van der Waals surface area contributed by atoms with Gasteiger partial charge in [0.15, 0.2) is 11.6 Å². The second kappa shape index (κ2) is 4.97. The van der Waals surface area contributed by atoms with Gasteiger partial charge in [-0.15, -0.1) is 0 Å². The molecule has 2 heterocycles. The smallest absolute Gasteiger partial charge is 0.244 e. The maximum atomic E-state index is 13.3. The van der Waals surface area contributed by atoms with Crippen LogP contribution < -0.4 is 10.1 Å². The number of aromatic nitrogens is 2. The molecule has 0 bridgehead atoms. The molecule has 1 aromatic heterocycles. The van der Waals surface area contributed by atoms with E-state index in [4.69, 9.17) is 9.26 Å². The number of nitrogens with one attached hydrogen (secondary N) is 1. The van der Waals surface area contributed by atoms with Crippen LogP contribution in [-0.4, -0.2) is 23.8 Å². The van der Waals surface area contributed by atoms with Gasteiger partial charge in [-0.2, -0.15) is 4.98 Å². The lowest BCUT2D eigenvalue weighted by molar-refractivity contribution is 0.345. The molecule has 0 aliphatic carbocycles. The molecule has 1 aromatic carbocycles. The number of hydrogen-bond donors (Lipinski definition) is 1. The maximum absolute atomic E-state index is 13.3. The summed E-state index contributed by atoms with van der Waals surface area (Å²) in [5, 5.41) is 7.22. The lowest BCUT2D eigenvalue weighted by Gasteiger charge is -2.03. The van der Waals surface area contributed by atoms with E-state index >= 15 is 0 Å². The van der Waals surface area contributed by atoms with Crippen molar-refractivity contribution in [2.45, 2.75) is 18.9 Å². The standard InChI is InChI=1S/C13H14FN3O2/c1-18-11-7-8(4-5-9(11)14)12-16-13(19-17-12)10-3-2-6-15-10/h4-5,7,10,15H,2-3,6H2,1H3/t10-/m1/s1.